The number of nitrogens with one attached hydrogen (secondary N) is 1. The molecular weight excluding hydrogens is 770 g/mol. The Morgan fingerprint density at radius 3 is 2.45 bits per heavy atom. The molecule has 284 valence electrons. The first kappa shape index (κ1) is 38.9. The van der Waals surface area contributed by atoms with Crippen LogP contribution in [0.3, 0.4) is 0 Å². The largest absolute Gasteiger partial charge is 0.487 e. The number of carboxylic acid groups (broad SMARTS) is 1. The van der Waals surface area contributed by atoms with E-state index in [4.69, 9.17) is 26.2 Å². The monoisotopic (exact) mass is 813 g/mol. The number of amides is 1. The van der Waals surface area contributed by atoms with E-state index in [1.165, 1.54) is 4.90 Å². The molecule has 2 fully saturated rings. The number of hydrogen-bond donors (Lipinski definition) is 5. The molecule has 2 aliphatic heterocycles. The molecule has 1 amide bonds. The number of aliphatic hydroxyl groups excluding tert-OH is 3. The van der Waals surface area contributed by atoms with E-state index in [0.717, 1.165) is 77.5 Å². The van der Waals surface area contributed by atoms with Gasteiger partial charge in [-0.2, -0.15) is 5.10 Å². The Bertz CT molecular complexity index is 1910. The molecule has 15 heteroatoms. The molecule has 3 aromatic carbocycles. The van der Waals surface area contributed by atoms with Gasteiger partial charge < -0.3 is 39.7 Å². The number of ether oxygens (including phenoxy) is 2. The predicted octanol–water partition coefficient (Wildman–Crippen LogP) is 4.05. The lowest BCUT2D eigenvalue weighted by molar-refractivity contribution is -0.140. The molecule has 4 aromatic rings. The van der Waals surface area contributed by atoms with Crippen molar-refractivity contribution in [1.82, 2.24) is 24.9 Å². The molecule has 0 bridgehead atoms. The summed E-state index contributed by atoms with van der Waals surface area (Å²) in [5.41, 5.74) is 4.38. The molecule has 13 nitrogen and oxygen atoms in total. The number of nitrogens with zero attached hydrogens (tertiary/aromatic N) is 4. The van der Waals surface area contributed by atoms with Crippen LogP contribution in [0.5, 0.6) is 11.5 Å². The summed E-state index contributed by atoms with van der Waals surface area (Å²) in [6.45, 7) is 3.37. The third-order valence-electron chi connectivity index (χ3n) is 9.78. The third kappa shape index (κ3) is 9.68. The number of aromatic nitrogens is 2. The van der Waals surface area contributed by atoms with Crippen molar-refractivity contribution in [1.29, 1.82) is 0 Å². The zero-order valence-corrected chi connectivity index (χ0v) is 31.6. The zero-order chi connectivity index (χ0) is 37.5. The molecule has 0 aliphatic carbocycles. The van der Waals surface area contributed by atoms with E-state index in [0.29, 0.717) is 24.3 Å². The van der Waals surface area contributed by atoms with Crippen molar-refractivity contribution in [3.05, 3.63) is 75.4 Å². The smallest absolute Gasteiger partial charge is 0.323 e. The lowest BCUT2D eigenvalue weighted by atomic mass is 10.00. The SMILES string of the molecule is O=C(O)C(CO)NCc1cc(Cl)c(OCc2cccc(-c3cccc4c3cnn4CCCCN3CC[C@@H](O)C3)c2Br)cc1OCC(=O)N1CC[C@@H](O)C1. The molecule has 0 saturated carbocycles. The first-order chi connectivity index (χ1) is 25.6. The van der Waals surface area contributed by atoms with Gasteiger partial charge in [0, 0.05) is 66.3 Å². The molecule has 1 unspecified atom stereocenters. The van der Waals surface area contributed by atoms with E-state index < -0.39 is 24.7 Å². The molecule has 0 spiro atoms. The minimum atomic E-state index is -1.22. The highest BCUT2D eigenvalue weighted by Gasteiger charge is 2.26. The summed E-state index contributed by atoms with van der Waals surface area (Å²) in [7, 11) is 0. The average molecular weight is 815 g/mol. The number of rotatable bonds is 17. The van der Waals surface area contributed by atoms with E-state index in [2.05, 4.69) is 38.3 Å². The van der Waals surface area contributed by atoms with Gasteiger partial charge in [0.05, 0.1) is 35.6 Å². The molecular formula is C38H45BrClN5O8. The zero-order valence-electron chi connectivity index (χ0n) is 29.3. The second-order valence-corrected chi connectivity index (χ2v) is 14.7. The van der Waals surface area contributed by atoms with Crippen molar-refractivity contribution in [3.8, 4) is 22.6 Å². The normalized spacial score (nSPS) is 18.2. The highest BCUT2D eigenvalue weighted by molar-refractivity contribution is 9.10. The number of unbranched alkanes of at least 4 members (excludes halogenated alkanes) is 1. The number of benzene rings is 3. The van der Waals surface area contributed by atoms with Gasteiger partial charge >= 0.3 is 5.97 Å². The summed E-state index contributed by atoms with van der Waals surface area (Å²) in [5, 5.41) is 47.3. The highest BCUT2D eigenvalue weighted by atomic mass is 79.9. The van der Waals surface area contributed by atoms with Gasteiger partial charge in [-0.15, -0.1) is 0 Å². The Morgan fingerprint density at radius 2 is 1.72 bits per heavy atom. The van der Waals surface area contributed by atoms with E-state index in [1.807, 2.05) is 35.1 Å². The quantitative estimate of drug-likeness (QED) is 0.0976. The van der Waals surface area contributed by atoms with Crippen LogP contribution < -0.4 is 14.8 Å². The Labute approximate surface area is 321 Å². The molecule has 6 rings (SSSR count). The van der Waals surface area contributed by atoms with Crippen molar-refractivity contribution in [2.75, 3.05) is 45.9 Å². The van der Waals surface area contributed by atoms with Gasteiger partial charge in [0.2, 0.25) is 0 Å². The minimum Gasteiger partial charge on any atom is -0.487 e. The Kier molecular flexibility index (Phi) is 13.3. The van der Waals surface area contributed by atoms with Crippen LogP contribution in [0, 0.1) is 0 Å². The van der Waals surface area contributed by atoms with Crippen LogP contribution in [0.4, 0.5) is 0 Å². The number of halogens is 2. The predicted molar refractivity (Wildman–Crippen MR) is 203 cm³/mol. The molecule has 1 aromatic heterocycles. The van der Waals surface area contributed by atoms with Gasteiger partial charge in [0.15, 0.2) is 6.61 Å². The van der Waals surface area contributed by atoms with E-state index in [1.54, 1.807) is 12.1 Å². The van der Waals surface area contributed by atoms with Crippen molar-refractivity contribution in [2.45, 2.75) is 63.6 Å². The summed E-state index contributed by atoms with van der Waals surface area (Å²) >= 11 is 10.5. The highest BCUT2D eigenvalue weighted by Crippen LogP contribution is 2.38. The summed E-state index contributed by atoms with van der Waals surface area (Å²) in [6, 6.07) is 14.1. The molecule has 3 atom stereocenters. The number of β-amino-alcohol motifs (C(OH)–C–C–N with tert-alkyl or cyclic N) is 2. The van der Waals surface area contributed by atoms with Crippen molar-refractivity contribution >= 4 is 50.3 Å². The Morgan fingerprint density at radius 1 is 0.962 bits per heavy atom. The van der Waals surface area contributed by atoms with Crippen molar-refractivity contribution in [2.24, 2.45) is 0 Å². The summed E-state index contributed by atoms with van der Waals surface area (Å²) in [5.74, 6) is -0.948. The fraction of sp³-hybridized carbons (Fsp3) is 0.447. The number of likely N-dealkylation sites (tertiary alicyclic amines) is 2. The first-order valence-electron chi connectivity index (χ1n) is 17.8. The summed E-state index contributed by atoms with van der Waals surface area (Å²) < 4.78 is 15.1. The Balaban J connectivity index is 1.16. The fourth-order valence-electron chi connectivity index (χ4n) is 6.80. The lowest BCUT2D eigenvalue weighted by Crippen LogP contribution is -2.39. The number of aliphatic carboxylic acids is 1. The van der Waals surface area contributed by atoms with E-state index in [9.17, 15) is 30.0 Å². The van der Waals surface area contributed by atoms with Crippen LogP contribution >= 0.6 is 27.5 Å². The second kappa shape index (κ2) is 18.0. The number of carbonyl (C=O) groups excluding carboxylic acids is 1. The van der Waals surface area contributed by atoms with Gasteiger partial charge in [0.1, 0.15) is 24.1 Å². The number of fused-ring (bicyclic) bond motifs is 1. The summed E-state index contributed by atoms with van der Waals surface area (Å²) in [6.07, 6.45) is 4.51. The minimum absolute atomic E-state index is 0.0111. The molecule has 2 aliphatic rings. The number of hydrogen-bond acceptors (Lipinski definition) is 10. The topological polar surface area (TPSA) is 170 Å². The van der Waals surface area contributed by atoms with Crippen LogP contribution in [0.15, 0.2) is 59.2 Å². The van der Waals surface area contributed by atoms with E-state index >= 15 is 0 Å². The molecule has 53 heavy (non-hydrogen) atoms. The van der Waals surface area contributed by atoms with Crippen LogP contribution in [0.1, 0.15) is 36.8 Å². The maximum absolute atomic E-state index is 12.8. The van der Waals surface area contributed by atoms with Crippen molar-refractivity contribution in [3.63, 3.8) is 0 Å². The van der Waals surface area contributed by atoms with Gasteiger partial charge in [-0.3, -0.25) is 19.6 Å². The molecule has 0 radical (unpaired) electrons. The molecule has 5 N–H and O–H groups in total. The average Bonchev–Trinajstić information content (AvgIpc) is 3.89. The molecule has 3 heterocycles. The second-order valence-electron chi connectivity index (χ2n) is 13.5. The number of carbonyl (C=O) groups is 2. The standard InChI is InChI=1S/C38H45BrClN5O8/c39-37-24(5-3-7-29(37)28-6-4-8-33-30(28)18-42-45(33)12-2-1-11-43-13-9-26(47)19-43)22-52-35-16-34(53-23-36(49)44-14-10-27(48)20-44)25(15-31(35)40)17-41-32(21-46)38(50)51/h3-8,15-16,18,26-27,32,41,46-48H,1-2,9-14,17,19-23H2,(H,50,51)/t26-,27-,32?/m1/s1. The van der Waals surface area contributed by atoms with Crippen molar-refractivity contribution < 1.29 is 39.5 Å². The van der Waals surface area contributed by atoms with Gasteiger partial charge in [-0.25, -0.2) is 0 Å². The fourth-order valence-corrected chi connectivity index (χ4v) is 7.64. The van der Waals surface area contributed by atoms with E-state index in [-0.39, 0.29) is 49.1 Å². The number of aliphatic hydroxyl groups is 3. The number of carboxylic acids is 1. The third-order valence-corrected chi connectivity index (χ3v) is 11.0. The summed E-state index contributed by atoms with van der Waals surface area (Å²) in [4.78, 5) is 28.1. The maximum atomic E-state index is 12.8. The Hall–Kier alpha value is -3.76. The molecule has 2 saturated heterocycles. The van der Waals surface area contributed by atoms with Crippen LogP contribution in [-0.4, -0.2) is 116 Å². The van der Waals surface area contributed by atoms with Crippen LogP contribution in [0.2, 0.25) is 5.02 Å². The lowest BCUT2D eigenvalue weighted by Gasteiger charge is -2.20. The van der Waals surface area contributed by atoms with Crippen LogP contribution in [0.25, 0.3) is 22.0 Å². The van der Waals surface area contributed by atoms with Crippen LogP contribution in [-0.2, 0) is 29.3 Å². The van der Waals surface area contributed by atoms with Gasteiger partial charge in [-0.05, 0) is 71.4 Å². The number of aryl methyl sites for hydroxylation is 1. The first-order valence-corrected chi connectivity index (χ1v) is 19.0. The van der Waals surface area contributed by atoms with Gasteiger partial charge in [-0.1, -0.05) is 41.9 Å². The van der Waals surface area contributed by atoms with Gasteiger partial charge in [0.25, 0.3) is 5.91 Å². The maximum Gasteiger partial charge on any atom is 0.323 e.